The summed E-state index contributed by atoms with van der Waals surface area (Å²) in [4.78, 5) is 4.47. The Labute approximate surface area is 174 Å². The quantitative estimate of drug-likeness (QED) is 0.499. The van der Waals surface area contributed by atoms with E-state index in [1.165, 1.54) is 18.9 Å². The third-order valence-corrected chi connectivity index (χ3v) is 6.47. The Morgan fingerprint density at radius 3 is 2.93 bits per heavy atom. The lowest BCUT2D eigenvalue weighted by atomic mass is 9.85. The zero-order valence-corrected chi connectivity index (χ0v) is 17.3. The van der Waals surface area contributed by atoms with Gasteiger partial charge in [-0.05, 0) is 75.3 Å². The number of aromatic nitrogens is 3. The van der Waals surface area contributed by atoms with E-state index >= 15 is 0 Å². The molecule has 156 valence electrons. The number of fused-ring (bicyclic) bond motifs is 1. The van der Waals surface area contributed by atoms with E-state index in [4.69, 9.17) is 5.73 Å². The number of halogens is 1. The Morgan fingerprint density at radius 1 is 1.27 bits per heavy atom. The first-order valence-electron chi connectivity index (χ1n) is 10.5. The molecule has 1 spiro atoms. The maximum Gasteiger partial charge on any atom is 0.156 e. The van der Waals surface area contributed by atoms with Crippen LogP contribution in [-0.2, 0) is 0 Å². The zero-order chi connectivity index (χ0) is 20.9. The van der Waals surface area contributed by atoms with Gasteiger partial charge >= 0.3 is 0 Å². The van der Waals surface area contributed by atoms with Crippen LogP contribution in [0.2, 0.25) is 0 Å². The molecule has 0 amide bonds. The van der Waals surface area contributed by atoms with Crippen molar-refractivity contribution >= 4 is 17.0 Å². The van der Waals surface area contributed by atoms with Crippen molar-refractivity contribution in [1.29, 1.82) is 0 Å². The Morgan fingerprint density at radius 2 is 2.13 bits per heavy atom. The van der Waals surface area contributed by atoms with Crippen molar-refractivity contribution < 1.29 is 4.39 Å². The number of aryl methyl sites for hydroxylation is 2. The molecule has 1 aliphatic carbocycles. The fraction of sp³-hybridized carbons (Fsp3) is 0.455. The van der Waals surface area contributed by atoms with Gasteiger partial charge in [-0.1, -0.05) is 0 Å². The van der Waals surface area contributed by atoms with Gasteiger partial charge in [0.25, 0.3) is 0 Å². The highest BCUT2D eigenvalue weighted by molar-refractivity contribution is 5.73. The van der Waals surface area contributed by atoms with Gasteiger partial charge in [0.05, 0.1) is 29.3 Å². The molecule has 2 aromatic heterocycles. The van der Waals surface area contributed by atoms with Crippen molar-refractivity contribution in [3.63, 3.8) is 0 Å². The van der Waals surface area contributed by atoms with Gasteiger partial charge in [-0.3, -0.25) is 0 Å². The molecule has 3 N–H and O–H groups in total. The number of hydrogen-bond acceptors (Lipinski definition) is 6. The van der Waals surface area contributed by atoms with E-state index < -0.39 is 5.82 Å². The summed E-state index contributed by atoms with van der Waals surface area (Å²) < 4.78 is 16.3. The molecule has 2 aliphatic rings. The molecule has 3 heterocycles. The molecule has 0 bridgehead atoms. The topological polar surface area (TPSA) is 93.0 Å². The van der Waals surface area contributed by atoms with Crippen LogP contribution in [0.25, 0.3) is 16.9 Å². The molecule has 0 radical (unpaired) electrons. The van der Waals surface area contributed by atoms with Gasteiger partial charge in [-0.2, -0.15) is 15.3 Å². The number of anilines is 1. The second-order valence-corrected chi connectivity index (χ2v) is 8.79. The fourth-order valence-corrected chi connectivity index (χ4v) is 4.82. The predicted octanol–water partition coefficient (Wildman–Crippen LogP) is 4.35. The summed E-state index contributed by atoms with van der Waals surface area (Å²) in [5.41, 5.74) is 10.6. The molecule has 8 heteroatoms. The smallest absolute Gasteiger partial charge is 0.156 e. The van der Waals surface area contributed by atoms with Crippen LogP contribution >= 0.6 is 0 Å². The summed E-state index contributed by atoms with van der Waals surface area (Å²) >= 11 is 0. The molecule has 1 saturated heterocycles. The highest BCUT2D eigenvalue weighted by atomic mass is 19.1. The molecule has 2 atom stereocenters. The van der Waals surface area contributed by atoms with Crippen molar-refractivity contribution in [2.24, 2.45) is 15.6 Å². The van der Waals surface area contributed by atoms with E-state index in [0.717, 1.165) is 42.8 Å². The van der Waals surface area contributed by atoms with Crippen molar-refractivity contribution in [3.05, 3.63) is 41.5 Å². The van der Waals surface area contributed by atoms with Crippen LogP contribution in [0.3, 0.4) is 0 Å². The summed E-state index contributed by atoms with van der Waals surface area (Å²) in [6, 6.07) is 5.24. The Bertz CT molecular complexity index is 1140. The van der Waals surface area contributed by atoms with Crippen LogP contribution in [0.4, 0.5) is 15.8 Å². The zero-order valence-electron chi connectivity index (χ0n) is 17.3. The molecular weight excluding hydrogens is 381 g/mol. The second kappa shape index (κ2) is 7.12. The van der Waals surface area contributed by atoms with E-state index in [1.54, 1.807) is 10.6 Å². The van der Waals surface area contributed by atoms with E-state index in [2.05, 4.69) is 25.6 Å². The van der Waals surface area contributed by atoms with Crippen LogP contribution < -0.4 is 11.1 Å². The molecule has 3 aromatic rings. The number of nitrogens with two attached hydrogens (primary N) is 1. The van der Waals surface area contributed by atoms with Crippen LogP contribution in [0.15, 0.2) is 34.6 Å². The molecule has 5 rings (SSSR count). The monoisotopic (exact) mass is 407 g/mol. The van der Waals surface area contributed by atoms with E-state index in [0.29, 0.717) is 22.4 Å². The van der Waals surface area contributed by atoms with E-state index in [1.807, 2.05) is 26.1 Å². The molecule has 1 saturated carbocycles. The van der Waals surface area contributed by atoms with Crippen LogP contribution in [0.5, 0.6) is 0 Å². The third kappa shape index (κ3) is 3.35. The number of imidazole rings is 1. The maximum atomic E-state index is 14.6. The van der Waals surface area contributed by atoms with Crippen LogP contribution in [0.1, 0.15) is 36.9 Å². The molecular formula is C22H26FN7. The molecule has 2 unspecified atom stereocenters. The molecule has 7 nitrogen and oxygen atoms in total. The summed E-state index contributed by atoms with van der Waals surface area (Å²) in [7, 11) is 0. The molecule has 1 aromatic carbocycles. The summed E-state index contributed by atoms with van der Waals surface area (Å²) in [5.74, 6) is -0.509. The Kier molecular flexibility index (Phi) is 4.54. The van der Waals surface area contributed by atoms with Gasteiger partial charge in [0, 0.05) is 12.1 Å². The van der Waals surface area contributed by atoms with Crippen LogP contribution in [-0.4, -0.2) is 33.7 Å². The van der Waals surface area contributed by atoms with E-state index in [9.17, 15) is 4.39 Å². The highest BCUT2D eigenvalue weighted by Crippen LogP contribution is 2.44. The predicted molar refractivity (Wildman–Crippen MR) is 114 cm³/mol. The standard InChI is InChI=1S/C22H26FN7/c1-13-7-18(29-30-11-14(2)26-21(13)30)15-8-17(23)20(24)19(9-15)28-27-16-3-4-22(10-16)5-6-25-12-22/h7-9,11,16,25H,3-6,10,12,24H2,1-2H3. The number of hydrogen-bond donors (Lipinski definition) is 2. The van der Waals surface area contributed by atoms with Gasteiger partial charge in [0.1, 0.15) is 11.5 Å². The Hall–Kier alpha value is -2.87. The minimum atomic E-state index is -0.509. The average Bonchev–Trinajstić information content (AvgIpc) is 3.43. The fourth-order valence-electron chi connectivity index (χ4n) is 4.82. The lowest BCUT2D eigenvalue weighted by Crippen LogP contribution is -2.20. The van der Waals surface area contributed by atoms with Crippen molar-refractivity contribution in [3.8, 4) is 11.3 Å². The summed E-state index contributed by atoms with van der Waals surface area (Å²) in [6.45, 7) is 6.03. The lowest BCUT2D eigenvalue weighted by molar-refractivity contribution is 0.330. The molecule has 2 fully saturated rings. The minimum absolute atomic E-state index is 0.0222. The Balaban J connectivity index is 1.46. The highest BCUT2D eigenvalue weighted by Gasteiger charge is 2.41. The SMILES string of the molecule is Cc1cn2nc(-c3cc(F)c(N)c(N=NC4CCC5(CCNC5)C4)c3)cc(C)c2n1. The first-order valence-corrected chi connectivity index (χ1v) is 10.5. The minimum Gasteiger partial charge on any atom is -0.395 e. The van der Waals surface area contributed by atoms with Gasteiger partial charge < -0.3 is 11.1 Å². The van der Waals surface area contributed by atoms with Gasteiger partial charge in [0.2, 0.25) is 0 Å². The number of nitrogen functional groups attached to an aromatic ring is 1. The summed E-state index contributed by atoms with van der Waals surface area (Å²) in [5, 5.41) is 17.0. The second-order valence-electron chi connectivity index (χ2n) is 8.79. The van der Waals surface area contributed by atoms with Gasteiger partial charge in [-0.25, -0.2) is 13.9 Å². The van der Waals surface area contributed by atoms with Crippen molar-refractivity contribution in [2.75, 3.05) is 18.8 Å². The molecule has 1 aliphatic heterocycles. The van der Waals surface area contributed by atoms with Gasteiger partial charge in [0.15, 0.2) is 5.65 Å². The summed E-state index contributed by atoms with van der Waals surface area (Å²) in [6.07, 6.45) is 6.27. The maximum absolute atomic E-state index is 14.6. The largest absolute Gasteiger partial charge is 0.395 e. The number of azo groups is 1. The average molecular weight is 407 g/mol. The van der Waals surface area contributed by atoms with Crippen molar-refractivity contribution in [2.45, 2.75) is 45.6 Å². The number of benzene rings is 1. The van der Waals surface area contributed by atoms with Crippen molar-refractivity contribution in [1.82, 2.24) is 19.9 Å². The lowest BCUT2D eigenvalue weighted by Gasteiger charge is -2.20. The number of nitrogens with zero attached hydrogens (tertiary/aromatic N) is 5. The number of rotatable bonds is 3. The van der Waals surface area contributed by atoms with Gasteiger partial charge in [-0.15, -0.1) is 0 Å². The normalized spacial score (nSPS) is 24.0. The van der Waals surface area contributed by atoms with Crippen LogP contribution in [0, 0.1) is 25.1 Å². The molecule has 30 heavy (non-hydrogen) atoms. The number of nitrogens with one attached hydrogen (secondary N) is 1. The first kappa shape index (κ1) is 19.1. The first-order chi connectivity index (χ1) is 14.4. The third-order valence-electron chi connectivity index (χ3n) is 6.47. The van der Waals surface area contributed by atoms with E-state index in [-0.39, 0.29) is 11.7 Å².